The first-order valence-corrected chi connectivity index (χ1v) is 11.9. The fourth-order valence-corrected chi connectivity index (χ4v) is 4.33. The summed E-state index contributed by atoms with van der Waals surface area (Å²) < 4.78 is 8.60. The van der Waals surface area contributed by atoms with Gasteiger partial charge in [0.2, 0.25) is 0 Å². The Balaban J connectivity index is 1.42. The van der Waals surface area contributed by atoms with Crippen molar-refractivity contribution in [1.29, 1.82) is 0 Å². The molecule has 0 fully saturated rings. The number of nitrogens with zero attached hydrogens (tertiary/aromatic N) is 4. The molecule has 9 nitrogen and oxygen atoms in total. The molecular weight excluding hydrogens is 480 g/mol. The number of nitrogen functional groups attached to an aromatic ring is 1. The number of amides is 1. The van der Waals surface area contributed by atoms with Crippen molar-refractivity contribution < 1.29 is 9.53 Å². The van der Waals surface area contributed by atoms with E-state index in [4.69, 9.17) is 15.5 Å². The first-order chi connectivity index (χ1) is 18.4. The lowest BCUT2D eigenvalue weighted by molar-refractivity contribution is 0.102. The highest BCUT2D eigenvalue weighted by Crippen LogP contribution is 2.31. The maximum absolute atomic E-state index is 13.2. The van der Waals surface area contributed by atoms with Crippen LogP contribution in [0.15, 0.2) is 89.9 Å². The van der Waals surface area contributed by atoms with Crippen LogP contribution in [-0.4, -0.2) is 32.3 Å². The van der Waals surface area contributed by atoms with E-state index in [0.717, 1.165) is 11.1 Å². The van der Waals surface area contributed by atoms with Crippen LogP contribution in [0.3, 0.4) is 0 Å². The van der Waals surface area contributed by atoms with Gasteiger partial charge in [0.05, 0.1) is 30.4 Å². The van der Waals surface area contributed by atoms with Crippen molar-refractivity contribution in [2.75, 3.05) is 18.2 Å². The van der Waals surface area contributed by atoms with Crippen molar-refractivity contribution in [2.24, 2.45) is 7.05 Å². The molecule has 0 bridgehead atoms. The number of aromatic nitrogens is 4. The van der Waals surface area contributed by atoms with E-state index < -0.39 is 5.91 Å². The number of hydrogen-bond acceptors (Lipinski definition) is 6. The number of nitrogens with one attached hydrogen (secondary N) is 1. The Morgan fingerprint density at radius 2 is 1.66 bits per heavy atom. The topological polar surface area (TPSA) is 117 Å². The van der Waals surface area contributed by atoms with Crippen molar-refractivity contribution in [1.82, 2.24) is 19.3 Å². The molecule has 0 saturated carbocycles. The number of anilines is 2. The number of carbonyl (C=O) groups is 1. The lowest BCUT2D eigenvalue weighted by Gasteiger charge is -2.11. The number of hydrogen-bond donors (Lipinski definition) is 2. The summed E-state index contributed by atoms with van der Waals surface area (Å²) in [6.45, 7) is 1.75. The van der Waals surface area contributed by atoms with Crippen LogP contribution in [0.25, 0.3) is 28.2 Å². The second-order valence-corrected chi connectivity index (χ2v) is 8.66. The summed E-state index contributed by atoms with van der Waals surface area (Å²) in [7, 11) is 3.35. The summed E-state index contributed by atoms with van der Waals surface area (Å²) in [6, 6.07) is 23.8. The predicted molar refractivity (Wildman–Crippen MR) is 148 cm³/mol. The zero-order valence-electron chi connectivity index (χ0n) is 21.2. The first kappa shape index (κ1) is 24.5. The molecule has 2 heterocycles. The minimum atomic E-state index is -0.483. The first-order valence-electron chi connectivity index (χ1n) is 11.9. The molecule has 1 amide bonds. The van der Waals surface area contributed by atoms with E-state index in [1.54, 1.807) is 56.2 Å². The molecule has 3 N–H and O–H groups in total. The Hall–Kier alpha value is -5.18. The number of rotatable bonds is 6. The van der Waals surface area contributed by atoms with Crippen LogP contribution in [0.1, 0.15) is 16.1 Å². The van der Waals surface area contributed by atoms with Crippen molar-refractivity contribution in [3.8, 4) is 34.0 Å². The third-order valence-electron chi connectivity index (χ3n) is 6.38. The molecule has 0 saturated heterocycles. The van der Waals surface area contributed by atoms with Crippen LogP contribution >= 0.6 is 0 Å². The minimum absolute atomic E-state index is 0.0834. The van der Waals surface area contributed by atoms with E-state index in [2.05, 4.69) is 10.3 Å². The highest BCUT2D eigenvalue weighted by atomic mass is 16.5. The second-order valence-electron chi connectivity index (χ2n) is 8.66. The molecule has 0 aliphatic rings. The van der Waals surface area contributed by atoms with Gasteiger partial charge in [-0.1, -0.05) is 42.5 Å². The molecular formula is C29H26N6O3. The molecule has 5 aromatic rings. The molecule has 0 spiro atoms. The maximum atomic E-state index is 13.2. The van der Waals surface area contributed by atoms with Crippen LogP contribution < -0.4 is 21.3 Å². The summed E-state index contributed by atoms with van der Waals surface area (Å²) in [5.41, 5.74) is 10.3. The monoisotopic (exact) mass is 506 g/mol. The molecule has 0 aliphatic carbocycles. The van der Waals surface area contributed by atoms with Gasteiger partial charge in [-0.2, -0.15) is 0 Å². The average Bonchev–Trinajstić information content (AvgIpc) is 3.17. The summed E-state index contributed by atoms with van der Waals surface area (Å²) in [5, 5.41) is 2.83. The SMILES string of the molecule is COc1ccccc1-c1cnc(N)c(-c2ccc(NC(=O)c3c(C)n(C)n(-c4ccccc4)c3=O)cc2)n1. The van der Waals surface area contributed by atoms with Crippen molar-refractivity contribution in [3.63, 3.8) is 0 Å². The molecule has 0 atom stereocenters. The zero-order valence-corrected chi connectivity index (χ0v) is 21.2. The summed E-state index contributed by atoms with van der Waals surface area (Å²) in [6.07, 6.45) is 1.61. The van der Waals surface area contributed by atoms with Crippen LogP contribution in [0.4, 0.5) is 11.5 Å². The Morgan fingerprint density at radius 3 is 2.37 bits per heavy atom. The second kappa shape index (κ2) is 10.1. The van der Waals surface area contributed by atoms with Crippen molar-refractivity contribution >= 4 is 17.4 Å². The molecule has 190 valence electrons. The number of nitrogens with two attached hydrogens (primary N) is 1. The van der Waals surface area contributed by atoms with E-state index in [-0.39, 0.29) is 16.9 Å². The molecule has 0 unspecified atom stereocenters. The van der Waals surface area contributed by atoms with Crippen molar-refractivity contribution in [2.45, 2.75) is 6.92 Å². The molecule has 0 radical (unpaired) electrons. The Labute approximate surface area is 219 Å². The van der Waals surface area contributed by atoms with Gasteiger partial charge in [-0.15, -0.1) is 0 Å². The van der Waals surface area contributed by atoms with Crippen LogP contribution in [0.2, 0.25) is 0 Å². The largest absolute Gasteiger partial charge is 0.496 e. The molecule has 9 heteroatoms. The highest BCUT2D eigenvalue weighted by Gasteiger charge is 2.22. The van der Waals surface area contributed by atoms with Gasteiger partial charge >= 0.3 is 0 Å². The van der Waals surface area contributed by atoms with E-state index in [0.29, 0.717) is 34.2 Å². The van der Waals surface area contributed by atoms with Gasteiger partial charge in [0.1, 0.15) is 22.8 Å². The van der Waals surface area contributed by atoms with E-state index in [9.17, 15) is 9.59 Å². The van der Waals surface area contributed by atoms with E-state index >= 15 is 0 Å². The maximum Gasteiger partial charge on any atom is 0.284 e. The van der Waals surface area contributed by atoms with Gasteiger partial charge in [0, 0.05) is 23.9 Å². The number of methoxy groups -OCH3 is 1. The van der Waals surface area contributed by atoms with Gasteiger partial charge in [-0.3, -0.25) is 14.3 Å². The highest BCUT2D eigenvalue weighted by molar-refractivity contribution is 6.05. The molecule has 0 aliphatic heterocycles. The third-order valence-corrected chi connectivity index (χ3v) is 6.38. The van der Waals surface area contributed by atoms with E-state index in [1.807, 2.05) is 54.6 Å². The number of carbonyl (C=O) groups excluding carboxylic acids is 1. The smallest absolute Gasteiger partial charge is 0.284 e. The Kier molecular flexibility index (Phi) is 6.49. The number of para-hydroxylation sites is 2. The van der Waals surface area contributed by atoms with Crippen LogP contribution in [-0.2, 0) is 7.05 Å². The van der Waals surface area contributed by atoms with Gasteiger partial charge in [-0.05, 0) is 43.3 Å². The predicted octanol–water partition coefficient (Wildman–Crippen LogP) is 4.45. The summed E-state index contributed by atoms with van der Waals surface area (Å²) in [4.78, 5) is 35.3. The number of ether oxygens (including phenoxy) is 1. The molecule has 2 aromatic heterocycles. The molecule has 5 rings (SSSR count). The number of benzene rings is 3. The quantitative estimate of drug-likeness (QED) is 0.351. The minimum Gasteiger partial charge on any atom is -0.496 e. The van der Waals surface area contributed by atoms with Gasteiger partial charge in [0.25, 0.3) is 11.5 Å². The average molecular weight is 507 g/mol. The lowest BCUT2D eigenvalue weighted by atomic mass is 10.1. The standard InChI is InChI=1S/C29H26N6O3/c1-18-25(29(37)35(34(18)2)21-9-5-4-6-10-21)28(36)32-20-15-13-19(14-16-20)26-27(30)31-17-23(33-26)22-11-7-8-12-24(22)38-3/h4-17H,1-3H3,(H2,30,31)(H,32,36). The van der Waals surface area contributed by atoms with Crippen LogP contribution in [0, 0.1) is 6.92 Å². The Bertz CT molecular complexity index is 1690. The molecule has 38 heavy (non-hydrogen) atoms. The van der Waals surface area contributed by atoms with Gasteiger partial charge < -0.3 is 15.8 Å². The van der Waals surface area contributed by atoms with Crippen LogP contribution in [0.5, 0.6) is 5.75 Å². The van der Waals surface area contributed by atoms with Gasteiger partial charge in [0.15, 0.2) is 0 Å². The lowest BCUT2D eigenvalue weighted by Crippen LogP contribution is -2.25. The van der Waals surface area contributed by atoms with E-state index in [1.165, 1.54) is 4.68 Å². The Morgan fingerprint density at radius 1 is 0.974 bits per heavy atom. The fraction of sp³-hybridized carbons (Fsp3) is 0.103. The van der Waals surface area contributed by atoms with Gasteiger partial charge in [-0.25, -0.2) is 14.6 Å². The third kappa shape index (κ3) is 4.41. The molecule has 3 aromatic carbocycles. The normalized spacial score (nSPS) is 10.8. The van der Waals surface area contributed by atoms with Crippen molar-refractivity contribution in [3.05, 3.63) is 107 Å². The zero-order chi connectivity index (χ0) is 26.8. The fourth-order valence-electron chi connectivity index (χ4n) is 4.33. The summed E-state index contributed by atoms with van der Waals surface area (Å²) in [5.74, 6) is 0.475. The summed E-state index contributed by atoms with van der Waals surface area (Å²) >= 11 is 0.